The number of rotatable bonds is 6. The summed E-state index contributed by atoms with van der Waals surface area (Å²) in [6.07, 6.45) is 0. The number of sulfone groups is 1. The average molecular weight is 441 g/mol. The summed E-state index contributed by atoms with van der Waals surface area (Å²) in [5, 5.41) is 3.18. The standard InChI is InChI=1S/C22H17ClN2O4S/c1-28-16-13-11-15(12-14-16)24-21-22(30(26,27)17-7-3-2-4-8-17)25-20(29-21)18-9-5-6-10-19(18)23/h2-14,24H,1H3. The van der Waals surface area contributed by atoms with Crippen LogP contribution in [0.15, 0.2) is 93.2 Å². The summed E-state index contributed by atoms with van der Waals surface area (Å²) < 4.78 is 37.5. The normalized spacial score (nSPS) is 11.3. The molecule has 0 fully saturated rings. The molecule has 3 aromatic carbocycles. The Balaban J connectivity index is 1.83. The first-order valence-corrected chi connectivity index (χ1v) is 10.8. The minimum atomic E-state index is -3.94. The van der Waals surface area contributed by atoms with Gasteiger partial charge in [0.1, 0.15) is 5.75 Å². The summed E-state index contributed by atoms with van der Waals surface area (Å²) in [6, 6.07) is 22.0. The third-order valence-electron chi connectivity index (χ3n) is 4.36. The van der Waals surface area contributed by atoms with Gasteiger partial charge in [0.25, 0.3) is 0 Å². The zero-order valence-electron chi connectivity index (χ0n) is 15.9. The maximum absolute atomic E-state index is 13.3. The minimum Gasteiger partial charge on any atom is -0.497 e. The second-order valence-corrected chi connectivity index (χ2v) is 8.58. The van der Waals surface area contributed by atoms with E-state index in [1.807, 2.05) is 0 Å². The van der Waals surface area contributed by atoms with Gasteiger partial charge in [0.2, 0.25) is 26.6 Å². The second-order valence-electron chi connectivity index (χ2n) is 6.30. The van der Waals surface area contributed by atoms with E-state index in [0.29, 0.717) is 22.0 Å². The predicted molar refractivity (Wildman–Crippen MR) is 115 cm³/mol. The fourth-order valence-corrected chi connectivity index (χ4v) is 4.33. The molecule has 0 aliphatic heterocycles. The Hall–Kier alpha value is -3.29. The number of hydrogen-bond acceptors (Lipinski definition) is 6. The highest BCUT2D eigenvalue weighted by atomic mass is 35.5. The SMILES string of the molecule is COc1ccc(Nc2oc(-c3ccccc3Cl)nc2S(=O)(=O)c2ccccc2)cc1. The molecule has 4 aromatic rings. The first-order valence-electron chi connectivity index (χ1n) is 8.96. The van der Waals surface area contributed by atoms with Gasteiger partial charge in [0.05, 0.1) is 22.6 Å². The van der Waals surface area contributed by atoms with E-state index in [1.165, 1.54) is 12.1 Å². The molecule has 1 heterocycles. The molecule has 0 saturated heterocycles. The van der Waals surface area contributed by atoms with Crippen molar-refractivity contribution in [2.75, 3.05) is 12.4 Å². The van der Waals surface area contributed by atoms with Gasteiger partial charge in [-0.1, -0.05) is 41.9 Å². The lowest BCUT2D eigenvalue weighted by molar-refractivity contribution is 0.415. The number of nitrogens with one attached hydrogen (secondary N) is 1. The Labute approximate surface area is 179 Å². The van der Waals surface area contributed by atoms with E-state index in [-0.39, 0.29) is 21.7 Å². The number of benzene rings is 3. The lowest BCUT2D eigenvalue weighted by atomic mass is 10.2. The van der Waals surface area contributed by atoms with Gasteiger partial charge < -0.3 is 14.5 Å². The molecule has 8 heteroatoms. The molecule has 0 spiro atoms. The number of oxazole rings is 1. The molecule has 0 aliphatic rings. The van der Waals surface area contributed by atoms with Crippen molar-refractivity contribution < 1.29 is 17.6 Å². The van der Waals surface area contributed by atoms with Crippen molar-refractivity contribution in [3.63, 3.8) is 0 Å². The topological polar surface area (TPSA) is 81.4 Å². The highest BCUT2D eigenvalue weighted by molar-refractivity contribution is 7.91. The Morgan fingerprint density at radius 3 is 2.27 bits per heavy atom. The molecule has 0 atom stereocenters. The molecule has 1 aromatic heterocycles. The third-order valence-corrected chi connectivity index (χ3v) is 6.36. The fourth-order valence-electron chi connectivity index (χ4n) is 2.83. The number of hydrogen-bond donors (Lipinski definition) is 1. The van der Waals surface area contributed by atoms with Gasteiger partial charge in [-0.05, 0) is 48.5 Å². The Morgan fingerprint density at radius 2 is 1.60 bits per heavy atom. The minimum absolute atomic E-state index is 0.000982. The smallest absolute Gasteiger partial charge is 0.238 e. The van der Waals surface area contributed by atoms with E-state index < -0.39 is 9.84 Å². The van der Waals surface area contributed by atoms with Crippen LogP contribution in [0, 0.1) is 0 Å². The van der Waals surface area contributed by atoms with Gasteiger partial charge in [0.15, 0.2) is 0 Å². The van der Waals surface area contributed by atoms with Crippen LogP contribution >= 0.6 is 11.6 Å². The van der Waals surface area contributed by atoms with Crippen molar-refractivity contribution in [1.29, 1.82) is 0 Å². The van der Waals surface area contributed by atoms with Crippen LogP contribution in [0.25, 0.3) is 11.5 Å². The van der Waals surface area contributed by atoms with Gasteiger partial charge in [0, 0.05) is 5.69 Å². The lowest BCUT2D eigenvalue weighted by Gasteiger charge is -2.07. The summed E-state index contributed by atoms with van der Waals surface area (Å²) >= 11 is 6.26. The number of anilines is 2. The molecule has 30 heavy (non-hydrogen) atoms. The van der Waals surface area contributed by atoms with Crippen molar-refractivity contribution in [3.8, 4) is 17.2 Å². The van der Waals surface area contributed by atoms with Gasteiger partial charge in [-0.15, -0.1) is 0 Å². The zero-order chi connectivity index (χ0) is 21.1. The van der Waals surface area contributed by atoms with Crippen LogP contribution in [0.5, 0.6) is 5.75 Å². The van der Waals surface area contributed by atoms with Crippen LogP contribution in [0.4, 0.5) is 11.6 Å². The molecular weight excluding hydrogens is 424 g/mol. The Morgan fingerprint density at radius 1 is 0.933 bits per heavy atom. The molecule has 0 aliphatic carbocycles. The van der Waals surface area contributed by atoms with Gasteiger partial charge >= 0.3 is 0 Å². The zero-order valence-corrected chi connectivity index (χ0v) is 17.4. The quantitative estimate of drug-likeness (QED) is 0.421. The second kappa shape index (κ2) is 8.22. The Bertz CT molecular complexity index is 1270. The van der Waals surface area contributed by atoms with E-state index in [4.69, 9.17) is 20.8 Å². The molecule has 0 saturated carbocycles. The maximum Gasteiger partial charge on any atom is 0.238 e. The summed E-state index contributed by atoms with van der Waals surface area (Å²) in [7, 11) is -2.37. The molecule has 152 valence electrons. The van der Waals surface area contributed by atoms with E-state index in [0.717, 1.165) is 0 Å². The summed E-state index contributed by atoms with van der Waals surface area (Å²) in [4.78, 5) is 4.41. The van der Waals surface area contributed by atoms with Crippen molar-refractivity contribution in [1.82, 2.24) is 4.98 Å². The summed E-state index contributed by atoms with van der Waals surface area (Å²) in [5.41, 5.74) is 1.11. The highest BCUT2D eigenvalue weighted by Crippen LogP contribution is 2.36. The van der Waals surface area contributed by atoms with Crippen molar-refractivity contribution >= 4 is 33.0 Å². The molecule has 1 N–H and O–H groups in total. The van der Waals surface area contributed by atoms with Gasteiger partial charge in [-0.3, -0.25) is 0 Å². The highest BCUT2D eigenvalue weighted by Gasteiger charge is 2.29. The van der Waals surface area contributed by atoms with E-state index in [2.05, 4.69) is 10.3 Å². The summed E-state index contributed by atoms with van der Waals surface area (Å²) in [6.45, 7) is 0. The predicted octanol–water partition coefficient (Wildman–Crippen LogP) is 5.58. The van der Waals surface area contributed by atoms with Gasteiger partial charge in [-0.25, -0.2) is 8.42 Å². The first-order chi connectivity index (χ1) is 14.5. The average Bonchev–Trinajstić information content (AvgIpc) is 3.19. The first kappa shape index (κ1) is 20.0. The van der Waals surface area contributed by atoms with Crippen LogP contribution in [0.1, 0.15) is 0 Å². The molecule has 4 rings (SSSR count). The van der Waals surface area contributed by atoms with Gasteiger partial charge in [-0.2, -0.15) is 4.98 Å². The van der Waals surface area contributed by atoms with Crippen LogP contribution in [-0.4, -0.2) is 20.5 Å². The number of aromatic nitrogens is 1. The molecular formula is C22H17ClN2O4S. The molecule has 0 amide bonds. The van der Waals surface area contributed by atoms with Crippen LogP contribution in [0.2, 0.25) is 5.02 Å². The number of halogens is 1. The Kier molecular flexibility index (Phi) is 5.48. The fraction of sp³-hybridized carbons (Fsp3) is 0.0455. The molecule has 0 unspecified atom stereocenters. The summed E-state index contributed by atoms with van der Waals surface area (Å²) in [5.74, 6) is 0.775. The largest absolute Gasteiger partial charge is 0.497 e. The van der Waals surface area contributed by atoms with E-state index in [1.54, 1.807) is 73.8 Å². The molecule has 0 radical (unpaired) electrons. The molecule has 6 nitrogen and oxygen atoms in total. The number of nitrogens with zero attached hydrogens (tertiary/aromatic N) is 1. The third kappa shape index (κ3) is 3.90. The molecule has 0 bridgehead atoms. The van der Waals surface area contributed by atoms with Crippen LogP contribution in [0.3, 0.4) is 0 Å². The van der Waals surface area contributed by atoms with Crippen molar-refractivity contribution in [3.05, 3.63) is 83.9 Å². The van der Waals surface area contributed by atoms with Crippen molar-refractivity contribution in [2.45, 2.75) is 9.92 Å². The van der Waals surface area contributed by atoms with E-state index >= 15 is 0 Å². The van der Waals surface area contributed by atoms with Crippen LogP contribution in [-0.2, 0) is 9.84 Å². The number of ether oxygens (including phenoxy) is 1. The maximum atomic E-state index is 13.3. The number of methoxy groups -OCH3 is 1. The van der Waals surface area contributed by atoms with E-state index in [9.17, 15) is 8.42 Å². The van der Waals surface area contributed by atoms with Crippen LogP contribution < -0.4 is 10.1 Å². The lowest BCUT2D eigenvalue weighted by Crippen LogP contribution is -2.05. The van der Waals surface area contributed by atoms with Crippen molar-refractivity contribution in [2.24, 2.45) is 0 Å². The monoisotopic (exact) mass is 440 g/mol.